The summed E-state index contributed by atoms with van der Waals surface area (Å²) in [4.78, 5) is 19.7. The number of thioether (sulfide) groups is 1. The van der Waals surface area contributed by atoms with E-state index in [1.54, 1.807) is 23.9 Å². The third-order valence-corrected chi connectivity index (χ3v) is 7.27. The number of fused-ring (bicyclic) bond motifs is 2. The topological polar surface area (TPSA) is 42.4 Å². The summed E-state index contributed by atoms with van der Waals surface area (Å²) in [6, 6.07) is 16.0. The summed E-state index contributed by atoms with van der Waals surface area (Å²) in [5.74, 6) is -0.183. The monoisotopic (exact) mass is 412 g/mol. The lowest BCUT2D eigenvalue weighted by molar-refractivity contribution is -0.0240. The van der Waals surface area contributed by atoms with E-state index in [9.17, 15) is 4.79 Å². The van der Waals surface area contributed by atoms with Crippen LogP contribution in [0.5, 0.6) is 0 Å². The van der Waals surface area contributed by atoms with Crippen LogP contribution in [0.25, 0.3) is 0 Å². The molecule has 2 aliphatic heterocycles. The summed E-state index contributed by atoms with van der Waals surface area (Å²) >= 11 is 7.33. The van der Waals surface area contributed by atoms with Crippen molar-refractivity contribution in [1.29, 1.82) is 0 Å². The van der Waals surface area contributed by atoms with Gasteiger partial charge in [-0.25, -0.2) is 4.79 Å². The van der Waals surface area contributed by atoms with Gasteiger partial charge >= 0.3 is 5.97 Å². The van der Waals surface area contributed by atoms with E-state index in [4.69, 9.17) is 17.0 Å². The Morgan fingerprint density at radius 3 is 2.71 bits per heavy atom. The molecule has 146 valence electrons. The molecule has 4 atom stereocenters. The average Bonchev–Trinajstić information content (AvgIpc) is 3.00. The van der Waals surface area contributed by atoms with Crippen molar-refractivity contribution in [2.24, 2.45) is 5.92 Å². The SMILES string of the molecule is CSC(=S)C1C(OC(=O)c2ccccc2)CC2CCC1N2Cc1ccccn1. The molecule has 2 bridgehead atoms. The highest BCUT2D eigenvalue weighted by atomic mass is 32.2. The fourth-order valence-electron chi connectivity index (χ4n) is 4.54. The van der Waals surface area contributed by atoms with Crippen LogP contribution in [0.3, 0.4) is 0 Å². The number of hydrogen-bond acceptors (Lipinski definition) is 6. The number of benzene rings is 1. The molecule has 0 N–H and O–H groups in total. The summed E-state index contributed by atoms with van der Waals surface area (Å²) in [5, 5.41) is 0. The third kappa shape index (κ3) is 4.00. The molecule has 28 heavy (non-hydrogen) atoms. The Hall–Kier alpha value is -1.76. The van der Waals surface area contributed by atoms with Crippen molar-refractivity contribution in [3.05, 3.63) is 66.0 Å². The second-order valence-electron chi connectivity index (χ2n) is 7.39. The van der Waals surface area contributed by atoms with Crippen molar-refractivity contribution in [3.8, 4) is 0 Å². The summed E-state index contributed by atoms with van der Waals surface area (Å²) in [6.45, 7) is 0.822. The molecule has 0 amide bonds. The quantitative estimate of drug-likeness (QED) is 0.537. The first kappa shape index (κ1) is 19.6. The van der Waals surface area contributed by atoms with Gasteiger partial charge in [-0.15, -0.1) is 11.8 Å². The molecule has 1 aromatic heterocycles. The minimum absolute atomic E-state index is 0.0696. The largest absolute Gasteiger partial charge is 0.458 e. The Morgan fingerprint density at radius 1 is 1.21 bits per heavy atom. The number of piperidine rings is 1. The van der Waals surface area contributed by atoms with E-state index in [1.165, 1.54) is 0 Å². The van der Waals surface area contributed by atoms with Gasteiger partial charge < -0.3 is 4.74 Å². The number of carbonyl (C=O) groups is 1. The molecule has 2 saturated heterocycles. The lowest BCUT2D eigenvalue weighted by atomic mass is 9.88. The number of aromatic nitrogens is 1. The van der Waals surface area contributed by atoms with Crippen molar-refractivity contribution in [2.75, 3.05) is 6.26 Å². The third-order valence-electron chi connectivity index (χ3n) is 5.82. The molecule has 2 aromatic rings. The smallest absolute Gasteiger partial charge is 0.338 e. The molecule has 0 spiro atoms. The maximum absolute atomic E-state index is 12.7. The molecule has 4 rings (SSSR count). The highest BCUT2D eigenvalue weighted by molar-refractivity contribution is 8.22. The van der Waals surface area contributed by atoms with E-state index in [0.29, 0.717) is 17.6 Å². The van der Waals surface area contributed by atoms with Gasteiger partial charge in [0.25, 0.3) is 0 Å². The van der Waals surface area contributed by atoms with Gasteiger partial charge in [-0.2, -0.15) is 0 Å². The van der Waals surface area contributed by atoms with Crippen LogP contribution in [0.4, 0.5) is 0 Å². The summed E-state index contributed by atoms with van der Waals surface area (Å²) in [6.07, 6.45) is 6.73. The first-order valence-corrected chi connectivity index (χ1v) is 11.3. The van der Waals surface area contributed by atoms with Crippen LogP contribution in [-0.4, -0.2) is 44.5 Å². The molecular weight excluding hydrogens is 388 g/mol. The van der Waals surface area contributed by atoms with Crippen LogP contribution in [0, 0.1) is 5.92 Å². The minimum atomic E-state index is -0.253. The molecule has 2 fully saturated rings. The van der Waals surface area contributed by atoms with Crippen LogP contribution in [-0.2, 0) is 11.3 Å². The van der Waals surface area contributed by atoms with E-state index >= 15 is 0 Å². The van der Waals surface area contributed by atoms with Crippen LogP contribution in [0.15, 0.2) is 54.7 Å². The molecule has 3 heterocycles. The Labute approximate surface area is 175 Å². The van der Waals surface area contributed by atoms with Gasteiger partial charge in [0.1, 0.15) is 6.10 Å². The van der Waals surface area contributed by atoms with Gasteiger partial charge in [0.2, 0.25) is 0 Å². The first-order valence-electron chi connectivity index (χ1n) is 9.67. The number of ether oxygens (including phenoxy) is 1. The maximum atomic E-state index is 12.7. The number of nitrogens with zero attached hydrogens (tertiary/aromatic N) is 2. The van der Waals surface area contributed by atoms with Crippen molar-refractivity contribution in [3.63, 3.8) is 0 Å². The van der Waals surface area contributed by atoms with Gasteiger partial charge in [-0.1, -0.05) is 36.5 Å². The number of carbonyl (C=O) groups excluding carboxylic acids is 1. The van der Waals surface area contributed by atoms with Crippen molar-refractivity contribution in [2.45, 2.75) is 44.0 Å². The number of rotatable bonds is 5. The molecule has 0 radical (unpaired) electrons. The van der Waals surface area contributed by atoms with Crippen LogP contribution >= 0.6 is 24.0 Å². The van der Waals surface area contributed by atoms with Crippen LogP contribution < -0.4 is 0 Å². The lowest BCUT2D eigenvalue weighted by Crippen LogP contribution is -2.53. The molecule has 2 aliphatic rings. The van der Waals surface area contributed by atoms with Crippen molar-refractivity contribution in [1.82, 2.24) is 9.88 Å². The average molecular weight is 413 g/mol. The Morgan fingerprint density at radius 2 is 2.00 bits per heavy atom. The van der Waals surface area contributed by atoms with E-state index in [0.717, 1.165) is 35.7 Å². The fraction of sp³-hybridized carbons (Fsp3) is 0.409. The van der Waals surface area contributed by atoms with Gasteiger partial charge in [-0.3, -0.25) is 9.88 Å². The molecule has 4 unspecified atom stereocenters. The van der Waals surface area contributed by atoms with Crippen molar-refractivity contribution < 1.29 is 9.53 Å². The summed E-state index contributed by atoms with van der Waals surface area (Å²) in [7, 11) is 0. The number of esters is 1. The number of pyridine rings is 1. The molecule has 4 nitrogen and oxygen atoms in total. The second-order valence-corrected chi connectivity index (χ2v) is 8.93. The Balaban J connectivity index is 1.54. The molecular formula is C22H24N2O2S2. The lowest BCUT2D eigenvalue weighted by Gasteiger charge is -2.44. The predicted octanol–water partition coefficient (Wildman–Crippen LogP) is 4.35. The van der Waals surface area contributed by atoms with Gasteiger partial charge in [0, 0.05) is 31.2 Å². The number of hydrogen-bond donors (Lipinski definition) is 0. The molecule has 6 heteroatoms. The highest BCUT2D eigenvalue weighted by Gasteiger charge is 2.50. The van der Waals surface area contributed by atoms with Gasteiger partial charge in [0.15, 0.2) is 0 Å². The maximum Gasteiger partial charge on any atom is 0.338 e. The zero-order chi connectivity index (χ0) is 19.5. The van der Waals surface area contributed by atoms with E-state index < -0.39 is 0 Å². The highest BCUT2D eigenvalue weighted by Crippen LogP contribution is 2.43. The van der Waals surface area contributed by atoms with E-state index in [1.807, 2.05) is 42.8 Å². The van der Waals surface area contributed by atoms with Crippen LogP contribution in [0.1, 0.15) is 35.3 Å². The fourth-order valence-corrected chi connectivity index (χ4v) is 5.43. The Bertz CT molecular complexity index is 831. The standard InChI is InChI=1S/C22H24N2O2S2/c1-28-22(27)20-18-11-10-17(24(18)14-16-9-5-6-12-23-16)13-19(20)26-21(25)15-7-3-2-4-8-15/h2-9,12,17-20H,10-11,13-14H2,1H3. The van der Waals surface area contributed by atoms with Crippen molar-refractivity contribution >= 4 is 34.1 Å². The first-order chi connectivity index (χ1) is 13.7. The Kier molecular flexibility index (Phi) is 6.09. The van der Waals surface area contributed by atoms with E-state index in [-0.39, 0.29) is 18.0 Å². The summed E-state index contributed by atoms with van der Waals surface area (Å²) in [5.41, 5.74) is 1.67. The van der Waals surface area contributed by atoms with Crippen LogP contribution in [0.2, 0.25) is 0 Å². The van der Waals surface area contributed by atoms with Gasteiger partial charge in [0.05, 0.1) is 21.4 Å². The van der Waals surface area contributed by atoms with E-state index in [2.05, 4.69) is 16.0 Å². The zero-order valence-corrected chi connectivity index (χ0v) is 17.5. The second kappa shape index (κ2) is 8.72. The predicted molar refractivity (Wildman–Crippen MR) is 116 cm³/mol. The normalized spacial score (nSPS) is 26.8. The molecule has 1 aromatic carbocycles. The zero-order valence-electron chi connectivity index (χ0n) is 15.9. The van der Waals surface area contributed by atoms with Gasteiger partial charge in [-0.05, 0) is 43.4 Å². The molecule has 0 aliphatic carbocycles. The molecule has 0 saturated carbocycles. The number of thiocarbonyl (C=S) groups is 1. The summed E-state index contributed by atoms with van der Waals surface area (Å²) < 4.78 is 6.94. The minimum Gasteiger partial charge on any atom is -0.458 e.